The van der Waals surface area contributed by atoms with E-state index < -0.39 is 6.10 Å². The van der Waals surface area contributed by atoms with Gasteiger partial charge in [-0.2, -0.15) is 5.10 Å². The van der Waals surface area contributed by atoms with Crippen LogP contribution in [0.25, 0.3) is 16.9 Å². The third-order valence-electron chi connectivity index (χ3n) is 4.84. The maximum absolute atomic E-state index is 12.1. The topological polar surface area (TPSA) is 98.6 Å². The second-order valence-electron chi connectivity index (χ2n) is 6.64. The fourth-order valence-corrected chi connectivity index (χ4v) is 3.36. The van der Waals surface area contributed by atoms with Crippen molar-refractivity contribution in [2.75, 3.05) is 30.3 Å². The van der Waals surface area contributed by atoms with Gasteiger partial charge >= 0.3 is 0 Å². The minimum atomic E-state index is -0.411. The number of pyridine rings is 1. The number of hydrogen-bond acceptors (Lipinski definition) is 7. The summed E-state index contributed by atoms with van der Waals surface area (Å²) in [5.74, 6) is 0.115. The number of imidazole rings is 1. The van der Waals surface area contributed by atoms with Crippen molar-refractivity contribution in [2.45, 2.75) is 26.4 Å². The van der Waals surface area contributed by atoms with Gasteiger partial charge in [0.25, 0.3) is 0 Å². The van der Waals surface area contributed by atoms with Crippen molar-refractivity contribution in [1.82, 2.24) is 19.6 Å². The Bertz CT molecular complexity index is 999. The monoisotopic (exact) mass is 366 g/mol. The van der Waals surface area contributed by atoms with Gasteiger partial charge in [-0.25, -0.2) is 9.50 Å². The Labute approximate surface area is 157 Å². The second-order valence-corrected chi connectivity index (χ2v) is 6.64. The molecule has 0 bridgehead atoms. The minimum absolute atomic E-state index is 0.115. The number of anilines is 2. The van der Waals surface area contributed by atoms with Crippen molar-refractivity contribution in [3.63, 3.8) is 0 Å². The lowest BCUT2D eigenvalue weighted by atomic mass is 10.1. The second kappa shape index (κ2) is 6.96. The van der Waals surface area contributed by atoms with E-state index in [9.17, 15) is 4.79 Å². The van der Waals surface area contributed by atoms with Crippen LogP contribution in [0.15, 0.2) is 30.7 Å². The number of nitrogens with zero attached hydrogens (tertiary/aromatic N) is 5. The van der Waals surface area contributed by atoms with Gasteiger partial charge in [-0.05, 0) is 19.1 Å². The molecule has 1 atom stereocenters. The van der Waals surface area contributed by atoms with Crippen LogP contribution >= 0.6 is 0 Å². The van der Waals surface area contributed by atoms with Gasteiger partial charge in [0.1, 0.15) is 6.10 Å². The molecular weight excluding hydrogens is 344 g/mol. The summed E-state index contributed by atoms with van der Waals surface area (Å²) in [5.41, 5.74) is 10.7. The number of ketones is 1. The van der Waals surface area contributed by atoms with Crippen molar-refractivity contribution in [2.24, 2.45) is 0 Å². The fraction of sp³-hybridized carbons (Fsp3) is 0.368. The number of ether oxygens (including phenoxy) is 1. The van der Waals surface area contributed by atoms with Gasteiger partial charge in [0.15, 0.2) is 11.4 Å². The molecule has 1 aliphatic rings. The molecule has 8 heteroatoms. The zero-order valence-corrected chi connectivity index (χ0v) is 15.4. The molecule has 3 aromatic rings. The molecule has 1 aliphatic heterocycles. The molecule has 1 fully saturated rings. The smallest absolute Gasteiger partial charge is 0.177 e. The highest BCUT2D eigenvalue weighted by atomic mass is 16.5. The van der Waals surface area contributed by atoms with E-state index in [0.29, 0.717) is 31.8 Å². The van der Waals surface area contributed by atoms with Gasteiger partial charge in [0.2, 0.25) is 0 Å². The number of nitrogen functional groups attached to an aromatic ring is 1. The lowest BCUT2D eigenvalue weighted by molar-refractivity contribution is -0.130. The molecule has 1 saturated heterocycles. The van der Waals surface area contributed by atoms with Crippen molar-refractivity contribution in [1.29, 1.82) is 0 Å². The predicted octanol–water partition coefficient (Wildman–Crippen LogP) is 1.87. The zero-order chi connectivity index (χ0) is 19.0. The third-order valence-corrected chi connectivity index (χ3v) is 4.84. The molecule has 0 aromatic carbocycles. The number of morpholine rings is 1. The average Bonchev–Trinajstić information content (AvgIpc) is 3.17. The van der Waals surface area contributed by atoms with Gasteiger partial charge < -0.3 is 15.4 Å². The van der Waals surface area contributed by atoms with Crippen LogP contribution in [0.1, 0.15) is 19.0 Å². The van der Waals surface area contributed by atoms with E-state index in [-0.39, 0.29) is 5.78 Å². The first-order valence-corrected chi connectivity index (χ1v) is 9.03. The molecule has 0 saturated carbocycles. The van der Waals surface area contributed by atoms with Crippen LogP contribution in [-0.2, 0) is 9.53 Å². The molecule has 4 heterocycles. The summed E-state index contributed by atoms with van der Waals surface area (Å²) in [6.45, 7) is 5.48. The van der Waals surface area contributed by atoms with E-state index in [1.54, 1.807) is 16.9 Å². The predicted molar refractivity (Wildman–Crippen MR) is 103 cm³/mol. The summed E-state index contributed by atoms with van der Waals surface area (Å²) in [7, 11) is 0. The van der Waals surface area contributed by atoms with Gasteiger partial charge in [-0.3, -0.25) is 9.78 Å². The molecule has 140 valence electrons. The first-order valence-electron chi connectivity index (χ1n) is 9.03. The van der Waals surface area contributed by atoms with Crippen LogP contribution in [0.2, 0.25) is 0 Å². The van der Waals surface area contributed by atoms with Crippen LogP contribution in [0, 0.1) is 6.92 Å². The Morgan fingerprint density at radius 1 is 1.37 bits per heavy atom. The quantitative estimate of drug-likeness (QED) is 0.752. The maximum Gasteiger partial charge on any atom is 0.177 e. The van der Waals surface area contributed by atoms with E-state index in [0.717, 1.165) is 28.3 Å². The van der Waals surface area contributed by atoms with Crippen LogP contribution < -0.4 is 10.6 Å². The summed E-state index contributed by atoms with van der Waals surface area (Å²) in [6.07, 6.45) is 5.22. The lowest BCUT2D eigenvalue weighted by Gasteiger charge is -2.33. The average molecular weight is 366 g/mol. The first-order chi connectivity index (χ1) is 13.1. The highest BCUT2D eigenvalue weighted by Crippen LogP contribution is 2.29. The fourth-order valence-electron chi connectivity index (χ4n) is 3.36. The van der Waals surface area contributed by atoms with Crippen molar-refractivity contribution >= 4 is 22.8 Å². The van der Waals surface area contributed by atoms with E-state index >= 15 is 0 Å². The number of carbonyl (C=O) groups excluding carboxylic acids is 1. The largest absolute Gasteiger partial charge is 0.397 e. The Morgan fingerprint density at radius 2 is 2.22 bits per heavy atom. The zero-order valence-electron chi connectivity index (χ0n) is 15.4. The van der Waals surface area contributed by atoms with Crippen LogP contribution in [-0.4, -0.2) is 51.2 Å². The Balaban J connectivity index is 1.79. The molecule has 27 heavy (non-hydrogen) atoms. The molecule has 4 rings (SSSR count). The van der Waals surface area contributed by atoms with Crippen molar-refractivity contribution in [3.05, 3.63) is 36.4 Å². The molecule has 0 amide bonds. The van der Waals surface area contributed by atoms with Gasteiger partial charge in [-0.15, -0.1) is 0 Å². The van der Waals surface area contributed by atoms with Gasteiger partial charge in [-0.1, -0.05) is 6.92 Å². The SMILES string of the molecule is CCC(=O)C1CN(c2cc(-c3cc(N)cnc3C)nn3ccnc23)CCO1. The first kappa shape index (κ1) is 17.4. The Hall–Kier alpha value is -3.00. The minimum Gasteiger partial charge on any atom is -0.397 e. The van der Waals surface area contributed by atoms with Crippen LogP contribution in [0.4, 0.5) is 11.4 Å². The summed E-state index contributed by atoms with van der Waals surface area (Å²) >= 11 is 0. The maximum atomic E-state index is 12.1. The molecule has 0 aliphatic carbocycles. The number of carbonyl (C=O) groups is 1. The Morgan fingerprint density at radius 3 is 3.04 bits per heavy atom. The van der Waals surface area contributed by atoms with Crippen molar-refractivity contribution < 1.29 is 9.53 Å². The third kappa shape index (κ3) is 3.23. The molecule has 3 aromatic heterocycles. The number of aryl methyl sites for hydroxylation is 1. The molecule has 2 N–H and O–H groups in total. The van der Waals surface area contributed by atoms with E-state index in [4.69, 9.17) is 10.5 Å². The van der Waals surface area contributed by atoms with Crippen LogP contribution in [0.5, 0.6) is 0 Å². The van der Waals surface area contributed by atoms with Crippen LogP contribution in [0.3, 0.4) is 0 Å². The normalized spacial score (nSPS) is 17.4. The van der Waals surface area contributed by atoms with E-state index in [2.05, 4.69) is 20.0 Å². The number of aromatic nitrogens is 4. The standard InChI is InChI=1S/C19H22N6O2/c1-3-17(26)18-11-24(6-7-27-18)16-9-15(23-25-5-4-21-19(16)25)14-8-13(20)10-22-12(14)2/h4-5,8-10,18H,3,6-7,11,20H2,1-2H3. The van der Waals surface area contributed by atoms with Crippen molar-refractivity contribution in [3.8, 4) is 11.3 Å². The summed E-state index contributed by atoms with van der Waals surface area (Å²) in [5, 5.41) is 4.67. The van der Waals surface area contributed by atoms with Gasteiger partial charge in [0.05, 0.1) is 36.4 Å². The summed E-state index contributed by atoms with van der Waals surface area (Å²) in [6, 6.07) is 3.87. The number of fused-ring (bicyclic) bond motifs is 1. The molecule has 8 nitrogen and oxygen atoms in total. The summed E-state index contributed by atoms with van der Waals surface area (Å²) < 4.78 is 7.41. The lowest BCUT2D eigenvalue weighted by Crippen LogP contribution is -2.46. The molecule has 0 radical (unpaired) electrons. The Kier molecular flexibility index (Phi) is 4.49. The highest BCUT2D eigenvalue weighted by molar-refractivity contribution is 5.84. The molecular formula is C19H22N6O2. The van der Waals surface area contributed by atoms with E-state index in [1.807, 2.05) is 32.2 Å². The summed E-state index contributed by atoms with van der Waals surface area (Å²) in [4.78, 5) is 23.1. The molecule has 0 spiro atoms. The number of nitrogens with two attached hydrogens (primary N) is 1. The number of Topliss-reactive ketones (excluding diaryl/α,β-unsaturated/α-hetero) is 1. The number of hydrogen-bond donors (Lipinski definition) is 1. The number of rotatable bonds is 4. The highest BCUT2D eigenvalue weighted by Gasteiger charge is 2.27. The van der Waals surface area contributed by atoms with E-state index in [1.165, 1.54) is 0 Å². The molecule has 1 unspecified atom stereocenters. The van der Waals surface area contributed by atoms with Gasteiger partial charge in [0, 0.05) is 36.6 Å².